The number of nitrogens with one attached hydrogen (secondary N) is 2. The molecule has 0 bridgehead atoms. The number of likely N-dealkylation sites (tertiary alicyclic amines) is 1. The Balaban J connectivity index is 1.76. The molecular formula is C31H40N4O8. The Kier molecular flexibility index (Phi) is 11.6. The van der Waals surface area contributed by atoms with E-state index in [0.29, 0.717) is 24.0 Å². The molecule has 12 nitrogen and oxygen atoms in total. The number of aliphatic hydroxyl groups is 1. The van der Waals surface area contributed by atoms with Gasteiger partial charge in [0, 0.05) is 6.54 Å². The van der Waals surface area contributed by atoms with Crippen molar-refractivity contribution < 1.29 is 38.6 Å². The van der Waals surface area contributed by atoms with E-state index in [-0.39, 0.29) is 19.6 Å². The van der Waals surface area contributed by atoms with Gasteiger partial charge in [-0.3, -0.25) is 14.4 Å². The number of ether oxygens (including phenoxy) is 2. The molecule has 0 spiro atoms. The number of amides is 4. The molecule has 1 aliphatic heterocycles. The fourth-order valence-electron chi connectivity index (χ4n) is 4.70. The van der Waals surface area contributed by atoms with Crippen molar-refractivity contribution in [1.29, 1.82) is 0 Å². The molecule has 3 rings (SSSR count). The summed E-state index contributed by atoms with van der Waals surface area (Å²) in [5, 5.41) is 16.2. The normalized spacial score (nSPS) is 16.8. The number of nitrogens with zero attached hydrogens (tertiary/aromatic N) is 1. The molecule has 0 aromatic heterocycles. The van der Waals surface area contributed by atoms with Crippen LogP contribution in [-0.2, 0) is 41.7 Å². The highest BCUT2D eigenvalue weighted by molar-refractivity contribution is 5.92. The molecule has 2 aromatic rings. The van der Waals surface area contributed by atoms with E-state index >= 15 is 0 Å². The summed E-state index contributed by atoms with van der Waals surface area (Å²) in [6, 6.07) is 14.2. The lowest BCUT2D eigenvalue weighted by atomic mass is 9.99. The van der Waals surface area contributed by atoms with Crippen LogP contribution >= 0.6 is 0 Å². The van der Waals surface area contributed by atoms with Gasteiger partial charge in [-0.25, -0.2) is 9.59 Å². The number of esters is 1. The summed E-state index contributed by atoms with van der Waals surface area (Å²) in [5.41, 5.74) is 5.99. The average Bonchev–Trinajstić information content (AvgIpc) is 3.45. The van der Waals surface area contributed by atoms with Crippen LogP contribution in [-0.4, -0.2) is 76.2 Å². The molecule has 4 amide bonds. The zero-order chi connectivity index (χ0) is 31.6. The van der Waals surface area contributed by atoms with Gasteiger partial charge in [0.1, 0.15) is 24.3 Å². The largest absolute Gasteiger partial charge is 0.458 e. The van der Waals surface area contributed by atoms with Gasteiger partial charge in [-0.2, -0.15) is 0 Å². The first-order valence-corrected chi connectivity index (χ1v) is 14.2. The van der Waals surface area contributed by atoms with Gasteiger partial charge < -0.3 is 35.8 Å². The maximum Gasteiger partial charge on any atom is 0.408 e. The molecule has 232 valence electrons. The van der Waals surface area contributed by atoms with Gasteiger partial charge in [0.2, 0.25) is 11.8 Å². The Morgan fingerprint density at radius 2 is 1.58 bits per heavy atom. The van der Waals surface area contributed by atoms with Crippen LogP contribution in [0.1, 0.15) is 51.2 Å². The number of aliphatic hydroxyl groups excluding tert-OH is 1. The second-order valence-corrected chi connectivity index (χ2v) is 11.4. The van der Waals surface area contributed by atoms with E-state index < -0.39 is 66.0 Å². The Morgan fingerprint density at radius 1 is 0.977 bits per heavy atom. The molecule has 0 saturated carbocycles. The second-order valence-electron chi connectivity index (χ2n) is 11.4. The van der Waals surface area contributed by atoms with Crippen LogP contribution in [0.4, 0.5) is 4.79 Å². The van der Waals surface area contributed by atoms with Gasteiger partial charge in [-0.1, -0.05) is 60.7 Å². The van der Waals surface area contributed by atoms with E-state index in [0.717, 1.165) is 0 Å². The van der Waals surface area contributed by atoms with E-state index in [4.69, 9.17) is 15.2 Å². The van der Waals surface area contributed by atoms with Crippen molar-refractivity contribution in [1.82, 2.24) is 15.5 Å². The Bertz CT molecular complexity index is 1270. The number of hydrogen-bond acceptors (Lipinski definition) is 8. The van der Waals surface area contributed by atoms with Crippen molar-refractivity contribution >= 4 is 29.8 Å². The van der Waals surface area contributed by atoms with E-state index in [1.165, 1.54) is 4.90 Å². The van der Waals surface area contributed by atoms with Crippen molar-refractivity contribution in [3.05, 3.63) is 71.8 Å². The lowest BCUT2D eigenvalue weighted by molar-refractivity contribution is -0.165. The molecule has 0 aliphatic carbocycles. The summed E-state index contributed by atoms with van der Waals surface area (Å²) in [6.07, 6.45) is -2.33. The average molecular weight is 597 g/mol. The quantitative estimate of drug-likeness (QED) is 0.267. The molecule has 43 heavy (non-hydrogen) atoms. The number of rotatable bonds is 12. The minimum Gasteiger partial charge on any atom is -0.458 e. The van der Waals surface area contributed by atoms with Gasteiger partial charge in [-0.15, -0.1) is 0 Å². The van der Waals surface area contributed by atoms with Gasteiger partial charge in [0.25, 0.3) is 5.91 Å². The summed E-state index contributed by atoms with van der Waals surface area (Å²) in [7, 11) is 0. The van der Waals surface area contributed by atoms with Gasteiger partial charge in [0.15, 0.2) is 6.10 Å². The topological polar surface area (TPSA) is 177 Å². The van der Waals surface area contributed by atoms with Crippen molar-refractivity contribution in [2.45, 2.75) is 82.9 Å². The Labute approximate surface area is 250 Å². The van der Waals surface area contributed by atoms with E-state index in [2.05, 4.69) is 10.6 Å². The Hall–Kier alpha value is -4.45. The third-order valence-electron chi connectivity index (χ3n) is 6.70. The number of carbonyl (C=O) groups is 5. The molecule has 2 aromatic carbocycles. The number of primary amides is 1. The van der Waals surface area contributed by atoms with Crippen LogP contribution in [0.5, 0.6) is 0 Å². The number of alkyl carbamates (subject to hydrolysis) is 1. The predicted octanol–water partition coefficient (Wildman–Crippen LogP) is 1.58. The fraction of sp³-hybridized carbons (Fsp3) is 0.452. The first kappa shape index (κ1) is 33.1. The monoisotopic (exact) mass is 596 g/mol. The lowest BCUT2D eigenvalue weighted by Crippen LogP contribution is -2.58. The SMILES string of the molecule is CC(C)(C)OC(=O)[C@@H]1CCCN1C(=O)[C@H](O)[C@H](Cc1ccccc1)NC(=O)[C@H](CC(N)=O)NC(=O)OCc1ccccc1. The summed E-state index contributed by atoms with van der Waals surface area (Å²) >= 11 is 0. The molecule has 1 fully saturated rings. The van der Waals surface area contributed by atoms with Crippen molar-refractivity contribution in [2.75, 3.05) is 6.54 Å². The van der Waals surface area contributed by atoms with Crippen LogP contribution < -0.4 is 16.4 Å². The molecule has 0 unspecified atom stereocenters. The number of hydrogen-bond donors (Lipinski definition) is 4. The smallest absolute Gasteiger partial charge is 0.408 e. The van der Waals surface area contributed by atoms with E-state index in [1.54, 1.807) is 75.4 Å². The van der Waals surface area contributed by atoms with Crippen LogP contribution in [0.15, 0.2) is 60.7 Å². The van der Waals surface area contributed by atoms with Crippen LogP contribution in [0.2, 0.25) is 0 Å². The maximum atomic E-state index is 13.5. The minimum atomic E-state index is -1.76. The van der Waals surface area contributed by atoms with Crippen LogP contribution in [0.25, 0.3) is 0 Å². The number of nitrogens with two attached hydrogens (primary N) is 1. The first-order valence-electron chi connectivity index (χ1n) is 14.2. The standard InChI is InChI=1S/C31H40N4O8/c1-31(2,3)43-29(40)24-15-10-16-35(24)28(39)26(37)22(17-20-11-6-4-7-12-20)33-27(38)23(18-25(32)36)34-30(41)42-19-21-13-8-5-9-14-21/h4-9,11-14,22-24,26,37H,10,15-19H2,1-3H3,(H2,32,36)(H,33,38)(H,34,41)/t22-,23-,24-,26+/m0/s1. The molecule has 4 atom stereocenters. The van der Waals surface area contributed by atoms with Crippen LogP contribution in [0, 0.1) is 0 Å². The highest BCUT2D eigenvalue weighted by Crippen LogP contribution is 2.23. The summed E-state index contributed by atoms with van der Waals surface area (Å²) in [4.78, 5) is 65.2. The Morgan fingerprint density at radius 3 is 2.16 bits per heavy atom. The van der Waals surface area contributed by atoms with Gasteiger partial charge in [0.05, 0.1) is 12.5 Å². The molecule has 1 heterocycles. The van der Waals surface area contributed by atoms with E-state index in [9.17, 15) is 29.1 Å². The van der Waals surface area contributed by atoms with Crippen molar-refractivity contribution in [3.8, 4) is 0 Å². The molecule has 5 N–H and O–H groups in total. The van der Waals surface area contributed by atoms with Crippen molar-refractivity contribution in [2.24, 2.45) is 5.73 Å². The van der Waals surface area contributed by atoms with Crippen molar-refractivity contribution in [3.63, 3.8) is 0 Å². The third-order valence-corrected chi connectivity index (χ3v) is 6.70. The van der Waals surface area contributed by atoms with Crippen LogP contribution in [0.3, 0.4) is 0 Å². The highest BCUT2D eigenvalue weighted by atomic mass is 16.6. The van der Waals surface area contributed by atoms with E-state index in [1.807, 2.05) is 6.07 Å². The third kappa shape index (κ3) is 10.4. The highest BCUT2D eigenvalue weighted by Gasteiger charge is 2.41. The number of carbonyl (C=O) groups excluding carboxylic acids is 5. The summed E-state index contributed by atoms with van der Waals surface area (Å²) in [6.45, 7) is 5.32. The summed E-state index contributed by atoms with van der Waals surface area (Å²) < 4.78 is 10.7. The molecule has 0 radical (unpaired) electrons. The van der Waals surface area contributed by atoms with Gasteiger partial charge in [-0.05, 0) is 51.2 Å². The maximum absolute atomic E-state index is 13.5. The molecule has 1 aliphatic rings. The zero-order valence-corrected chi connectivity index (χ0v) is 24.7. The summed E-state index contributed by atoms with van der Waals surface area (Å²) in [5.74, 6) is -3.05. The zero-order valence-electron chi connectivity index (χ0n) is 24.7. The number of benzene rings is 2. The molecule has 12 heteroatoms. The fourth-order valence-corrected chi connectivity index (χ4v) is 4.70. The second kappa shape index (κ2) is 15.1. The van der Waals surface area contributed by atoms with Gasteiger partial charge >= 0.3 is 12.1 Å². The molecular weight excluding hydrogens is 556 g/mol. The lowest BCUT2D eigenvalue weighted by Gasteiger charge is -2.32. The molecule has 1 saturated heterocycles. The first-order chi connectivity index (χ1) is 20.3. The minimum absolute atomic E-state index is 0.0339. The predicted molar refractivity (Wildman–Crippen MR) is 156 cm³/mol.